The highest BCUT2D eigenvalue weighted by atomic mass is 32.1. The summed E-state index contributed by atoms with van der Waals surface area (Å²) >= 11 is 1.71. The molecule has 0 unspecified atom stereocenters. The Bertz CT molecular complexity index is 529. The minimum absolute atomic E-state index is 0.739. The Hall–Kier alpha value is -1.77. The summed E-state index contributed by atoms with van der Waals surface area (Å²) < 4.78 is 0. The maximum Gasteiger partial charge on any atom is 0.0434 e. The number of thiophene rings is 1. The Morgan fingerprint density at radius 3 is 2.44 bits per heavy atom. The van der Waals surface area contributed by atoms with Gasteiger partial charge in [0.2, 0.25) is 0 Å². The second kappa shape index (κ2) is 4.39. The van der Waals surface area contributed by atoms with Crippen molar-refractivity contribution in [2.24, 2.45) is 5.11 Å². The summed E-state index contributed by atoms with van der Waals surface area (Å²) in [7, 11) is 0. The molecule has 0 saturated carbocycles. The van der Waals surface area contributed by atoms with Crippen LogP contribution in [0.3, 0.4) is 0 Å². The predicted molar refractivity (Wildman–Crippen MR) is 68.0 cm³/mol. The van der Waals surface area contributed by atoms with Crippen molar-refractivity contribution in [3.05, 3.63) is 51.2 Å². The van der Waals surface area contributed by atoms with E-state index in [-0.39, 0.29) is 0 Å². The summed E-state index contributed by atoms with van der Waals surface area (Å²) in [5.41, 5.74) is 12.4. The number of azide groups is 1. The molecule has 0 fully saturated rings. The first-order chi connectivity index (χ1) is 7.72. The molecule has 3 nitrogen and oxygen atoms in total. The van der Waals surface area contributed by atoms with E-state index in [1.54, 1.807) is 11.3 Å². The van der Waals surface area contributed by atoms with Crippen molar-refractivity contribution in [1.82, 2.24) is 0 Å². The van der Waals surface area contributed by atoms with Gasteiger partial charge < -0.3 is 0 Å². The highest BCUT2D eigenvalue weighted by Crippen LogP contribution is 2.32. The molecule has 0 radical (unpaired) electrons. The summed E-state index contributed by atoms with van der Waals surface area (Å²) in [5, 5.41) is 5.77. The van der Waals surface area contributed by atoms with Crippen LogP contribution in [0.5, 0.6) is 0 Å². The van der Waals surface area contributed by atoms with Crippen LogP contribution in [0.2, 0.25) is 0 Å². The molecule has 2 aromatic rings. The van der Waals surface area contributed by atoms with Crippen molar-refractivity contribution in [2.45, 2.75) is 13.8 Å². The minimum atomic E-state index is 0.739. The number of hydrogen-bond acceptors (Lipinski definition) is 2. The number of hydrogen-bond donors (Lipinski definition) is 0. The van der Waals surface area contributed by atoms with Crippen LogP contribution >= 0.6 is 11.3 Å². The van der Waals surface area contributed by atoms with Gasteiger partial charge in [-0.3, -0.25) is 0 Å². The summed E-state index contributed by atoms with van der Waals surface area (Å²) in [6.07, 6.45) is 0. The highest BCUT2D eigenvalue weighted by Gasteiger charge is 2.05. The summed E-state index contributed by atoms with van der Waals surface area (Å²) in [6.45, 7) is 3.93. The van der Waals surface area contributed by atoms with Crippen LogP contribution in [-0.4, -0.2) is 0 Å². The fourth-order valence-corrected chi connectivity index (χ4v) is 2.46. The highest BCUT2D eigenvalue weighted by molar-refractivity contribution is 7.13. The number of nitrogens with zero attached hydrogens (tertiary/aromatic N) is 3. The maximum absolute atomic E-state index is 8.48. The molecule has 16 heavy (non-hydrogen) atoms. The smallest absolute Gasteiger partial charge is 0.0434 e. The van der Waals surface area contributed by atoms with E-state index < -0.39 is 0 Å². The van der Waals surface area contributed by atoms with Gasteiger partial charge in [0.25, 0.3) is 0 Å². The van der Waals surface area contributed by atoms with Crippen LogP contribution in [0.4, 0.5) is 5.69 Å². The number of rotatable bonds is 2. The van der Waals surface area contributed by atoms with E-state index in [1.807, 2.05) is 19.9 Å². The first-order valence-corrected chi connectivity index (χ1v) is 5.80. The van der Waals surface area contributed by atoms with Gasteiger partial charge in [0.1, 0.15) is 0 Å². The topological polar surface area (TPSA) is 48.8 Å². The lowest BCUT2D eigenvalue weighted by Gasteiger charge is -2.07. The molecule has 0 atom stereocenters. The molecule has 2 rings (SSSR count). The zero-order valence-corrected chi connectivity index (χ0v) is 9.95. The first kappa shape index (κ1) is 10.7. The van der Waals surface area contributed by atoms with Crippen molar-refractivity contribution in [1.29, 1.82) is 0 Å². The van der Waals surface area contributed by atoms with Gasteiger partial charge in [-0.1, -0.05) is 23.3 Å². The van der Waals surface area contributed by atoms with Crippen molar-refractivity contribution >= 4 is 17.0 Å². The molecule has 0 spiro atoms. The first-order valence-electron chi connectivity index (χ1n) is 4.92. The molecule has 80 valence electrons. The molecule has 0 aliphatic carbocycles. The van der Waals surface area contributed by atoms with Crippen LogP contribution in [0.25, 0.3) is 20.9 Å². The maximum atomic E-state index is 8.48. The quantitative estimate of drug-likeness (QED) is 0.396. The van der Waals surface area contributed by atoms with Crippen molar-refractivity contribution in [2.75, 3.05) is 0 Å². The normalized spacial score (nSPS) is 9.88. The van der Waals surface area contributed by atoms with E-state index in [2.05, 4.69) is 33.6 Å². The Balaban J connectivity index is 2.57. The lowest BCUT2D eigenvalue weighted by Crippen LogP contribution is -1.82. The average Bonchev–Trinajstić information content (AvgIpc) is 2.76. The van der Waals surface area contributed by atoms with E-state index in [9.17, 15) is 0 Å². The van der Waals surface area contributed by atoms with Gasteiger partial charge in [0.05, 0.1) is 0 Å². The van der Waals surface area contributed by atoms with E-state index in [0.29, 0.717) is 0 Å². The Morgan fingerprint density at radius 2 is 1.94 bits per heavy atom. The predicted octanol–water partition coefficient (Wildman–Crippen LogP) is 4.97. The van der Waals surface area contributed by atoms with Crippen LogP contribution in [0.1, 0.15) is 11.1 Å². The van der Waals surface area contributed by atoms with Gasteiger partial charge in [-0.2, -0.15) is 0 Å². The van der Waals surface area contributed by atoms with Gasteiger partial charge in [-0.05, 0) is 47.5 Å². The zero-order valence-electron chi connectivity index (χ0n) is 9.14. The molecule has 1 heterocycles. The molecule has 0 amide bonds. The average molecular weight is 229 g/mol. The largest absolute Gasteiger partial charge is 0.144 e. The summed E-state index contributed by atoms with van der Waals surface area (Å²) in [6, 6.07) is 8.24. The van der Waals surface area contributed by atoms with Crippen LogP contribution in [0.15, 0.2) is 34.8 Å². The fraction of sp³-hybridized carbons (Fsp3) is 0.167. The minimum Gasteiger partial charge on any atom is -0.144 e. The van der Waals surface area contributed by atoms with E-state index in [0.717, 1.165) is 16.8 Å². The monoisotopic (exact) mass is 229 g/mol. The van der Waals surface area contributed by atoms with Gasteiger partial charge in [0.15, 0.2) is 0 Å². The molecule has 1 aromatic carbocycles. The fourth-order valence-electron chi connectivity index (χ4n) is 1.74. The van der Waals surface area contributed by atoms with E-state index >= 15 is 0 Å². The van der Waals surface area contributed by atoms with Gasteiger partial charge >= 0.3 is 0 Å². The van der Waals surface area contributed by atoms with Gasteiger partial charge in [0, 0.05) is 15.5 Å². The van der Waals surface area contributed by atoms with E-state index in [4.69, 9.17) is 5.53 Å². The molecule has 0 aliphatic heterocycles. The second-order valence-electron chi connectivity index (χ2n) is 3.63. The standard InChI is InChI=1S/C12H11N3S/c1-8-6-10(11-4-3-5-16-11)7-9(2)12(8)14-15-13/h3-7H,1-2H3. The third-order valence-electron chi connectivity index (χ3n) is 2.44. The molecule has 0 aliphatic rings. The molecular formula is C12H11N3S. The molecule has 0 saturated heterocycles. The lowest BCUT2D eigenvalue weighted by molar-refractivity contribution is 1.31. The third-order valence-corrected chi connectivity index (χ3v) is 3.36. The number of benzene rings is 1. The lowest BCUT2D eigenvalue weighted by atomic mass is 10.0. The molecule has 0 N–H and O–H groups in total. The molecule has 4 heteroatoms. The zero-order chi connectivity index (χ0) is 11.5. The van der Waals surface area contributed by atoms with Crippen LogP contribution in [-0.2, 0) is 0 Å². The van der Waals surface area contributed by atoms with Gasteiger partial charge in [-0.15, -0.1) is 11.3 Å². The third kappa shape index (κ3) is 1.94. The van der Waals surface area contributed by atoms with Crippen molar-refractivity contribution in [3.63, 3.8) is 0 Å². The van der Waals surface area contributed by atoms with E-state index in [1.165, 1.54) is 10.4 Å². The van der Waals surface area contributed by atoms with Crippen LogP contribution < -0.4 is 0 Å². The van der Waals surface area contributed by atoms with Crippen molar-refractivity contribution < 1.29 is 0 Å². The molecule has 1 aromatic heterocycles. The van der Waals surface area contributed by atoms with Crippen LogP contribution in [0, 0.1) is 13.8 Å². The van der Waals surface area contributed by atoms with Gasteiger partial charge in [-0.25, -0.2) is 0 Å². The summed E-state index contributed by atoms with van der Waals surface area (Å²) in [5.74, 6) is 0. The Kier molecular flexibility index (Phi) is 2.95. The molecule has 0 bridgehead atoms. The molecular weight excluding hydrogens is 218 g/mol. The summed E-state index contributed by atoms with van der Waals surface area (Å²) in [4.78, 5) is 4.08. The van der Waals surface area contributed by atoms with Crippen molar-refractivity contribution in [3.8, 4) is 10.4 Å². The SMILES string of the molecule is Cc1cc(-c2cccs2)cc(C)c1N=[N+]=[N-]. The second-order valence-corrected chi connectivity index (χ2v) is 4.57. The Labute approximate surface area is 98.0 Å². The Morgan fingerprint density at radius 1 is 1.25 bits per heavy atom. The number of aryl methyl sites for hydroxylation is 2.